The van der Waals surface area contributed by atoms with E-state index in [-0.39, 0.29) is 17.1 Å². The molecule has 0 aliphatic carbocycles. The van der Waals surface area contributed by atoms with Crippen LogP contribution in [0.25, 0.3) is 6.08 Å². The number of amides is 3. The van der Waals surface area contributed by atoms with Crippen LogP contribution < -0.4 is 10.3 Å². The van der Waals surface area contributed by atoms with Crippen LogP contribution in [0.5, 0.6) is 0 Å². The molecule has 4 rings (SSSR count). The van der Waals surface area contributed by atoms with Gasteiger partial charge in [0.15, 0.2) is 0 Å². The molecule has 0 saturated carbocycles. The Kier molecular flexibility index (Phi) is 5.29. The summed E-state index contributed by atoms with van der Waals surface area (Å²) in [7, 11) is 0. The molecule has 2 aromatic carbocycles. The van der Waals surface area contributed by atoms with Crippen molar-refractivity contribution >= 4 is 40.6 Å². The highest BCUT2D eigenvalue weighted by atomic mass is 32.2. The lowest BCUT2D eigenvalue weighted by Crippen LogP contribution is -2.27. The number of hydrogen-bond acceptors (Lipinski definition) is 4. The normalized spacial score (nSPS) is 15.1. The monoisotopic (exact) mass is 417 g/mol. The van der Waals surface area contributed by atoms with Crippen molar-refractivity contribution in [2.24, 2.45) is 0 Å². The minimum Gasteiger partial charge on any atom is -0.268 e. The Hall–Kier alpha value is -3.58. The minimum atomic E-state index is -0.352. The van der Waals surface area contributed by atoms with E-state index in [4.69, 9.17) is 0 Å². The second-order valence-corrected chi connectivity index (χ2v) is 7.81. The minimum absolute atomic E-state index is 0.228. The Morgan fingerprint density at radius 3 is 2.27 bits per heavy atom. The first kappa shape index (κ1) is 19.7. The summed E-state index contributed by atoms with van der Waals surface area (Å²) in [6.45, 7) is 3.72. The Morgan fingerprint density at radius 1 is 0.967 bits per heavy atom. The summed E-state index contributed by atoms with van der Waals surface area (Å²) >= 11 is 0.908. The van der Waals surface area contributed by atoms with E-state index >= 15 is 0 Å². The molecule has 0 radical (unpaired) electrons. The van der Waals surface area contributed by atoms with E-state index in [2.05, 4.69) is 5.43 Å². The summed E-state index contributed by atoms with van der Waals surface area (Å²) in [6.07, 6.45) is 1.70. The van der Waals surface area contributed by atoms with Gasteiger partial charge in [-0.25, -0.2) is 4.90 Å². The van der Waals surface area contributed by atoms with Gasteiger partial charge in [0, 0.05) is 17.0 Å². The number of imide groups is 1. The van der Waals surface area contributed by atoms with E-state index in [0.717, 1.165) is 28.7 Å². The van der Waals surface area contributed by atoms with E-state index in [0.29, 0.717) is 16.2 Å². The van der Waals surface area contributed by atoms with Crippen LogP contribution in [-0.4, -0.2) is 21.7 Å². The van der Waals surface area contributed by atoms with Crippen molar-refractivity contribution in [2.45, 2.75) is 13.8 Å². The number of benzene rings is 2. The molecule has 3 aromatic rings. The van der Waals surface area contributed by atoms with E-state index < -0.39 is 0 Å². The van der Waals surface area contributed by atoms with E-state index in [1.807, 2.05) is 32.0 Å². The molecule has 1 aliphatic rings. The van der Waals surface area contributed by atoms with Crippen molar-refractivity contribution in [3.8, 4) is 0 Å². The van der Waals surface area contributed by atoms with Gasteiger partial charge >= 0.3 is 0 Å². The zero-order valence-electron chi connectivity index (χ0n) is 16.5. The highest BCUT2D eigenvalue weighted by Crippen LogP contribution is 2.36. The number of carbonyl (C=O) groups is 3. The average molecular weight is 417 g/mol. The van der Waals surface area contributed by atoms with Gasteiger partial charge in [-0.15, -0.1) is 0 Å². The summed E-state index contributed by atoms with van der Waals surface area (Å²) in [6, 6.07) is 19.7. The van der Waals surface area contributed by atoms with Gasteiger partial charge in [0.1, 0.15) is 0 Å². The van der Waals surface area contributed by atoms with Gasteiger partial charge in [0.2, 0.25) is 0 Å². The van der Waals surface area contributed by atoms with Crippen molar-refractivity contribution in [3.63, 3.8) is 0 Å². The number of aromatic nitrogens is 1. The third-order valence-electron chi connectivity index (χ3n) is 4.81. The lowest BCUT2D eigenvalue weighted by Gasteiger charge is -2.12. The predicted molar refractivity (Wildman–Crippen MR) is 119 cm³/mol. The van der Waals surface area contributed by atoms with E-state index in [9.17, 15) is 14.4 Å². The molecule has 1 aromatic heterocycles. The molecular weight excluding hydrogens is 398 g/mol. The number of nitrogens with one attached hydrogen (secondary N) is 1. The zero-order chi connectivity index (χ0) is 21.3. The van der Waals surface area contributed by atoms with Gasteiger partial charge in [0.05, 0.1) is 10.6 Å². The van der Waals surface area contributed by atoms with Gasteiger partial charge in [0.25, 0.3) is 17.1 Å². The zero-order valence-corrected chi connectivity index (χ0v) is 17.3. The maximum Gasteiger partial charge on any atom is 0.298 e. The van der Waals surface area contributed by atoms with Crippen LogP contribution in [0.3, 0.4) is 0 Å². The van der Waals surface area contributed by atoms with Gasteiger partial charge in [-0.2, -0.15) is 0 Å². The topological polar surface area (TPSA) is 71.4 Å². The molecule has 1 aliphatic heterocycles. The molecule has 1 fully saturated rings. The van der Waals surface area contributed by atoms with Gasteiger partial charge in [-0.3, -0.25) is 24.5 Å². The summed E-state index contributed by atoms with van der Waals surface area (Å²) in [5, 5.41) is -0.330. The van der Waals surface area contributed by atoms with Gasteiger partial charge in [-0.1, -0.05) is 36.4 Å². The van der Waals surface area contributed by atoms with Gasteiger partial charge < -0.3 is 0 Å². The van der Waals surface area contributed by atoms with Crippen molar-refractivity contribution in [1.29, 1.82) is 0 Å². The number of thioether (sulfide) groups is 1. The average Bonchev–Trinajstić information content (AvgIpc) is 3.18. The smallest absolute Gasteiger partial charge is 0.268 e. The fraction of sp³-hybridized carbons (Fsp3) is 0.0870. The predicted octanol–water partition coefficient (Wildman–Crippen LogP) is 4.73. The number of nitrogens with zero attached hydrogens (tertiary/aromatic N) is 2. The summed E-state index contributed by atoms with van der Waals surface area (Å²) in [4.78, 5) is 39.3. The molecule has 30 heavy (non-hydrogen) atoms. The lowest BCUT2D eigenvalue weighted by molar-refractivity contribution is -0.113. The number of rotatable bonds is 4. The van der Waals surface area contributed by atoms with Crippen LogP contribution in [-0.2, 0) is 4.79 Å². The SMILES string of the molecule is Cc1cc(/C=C2\SC(=O)N(c3ccccc3)C2=O)c(C)n1NC(=O)c1ccccc1. The fourth-order valence-corrected chi connectivity index (χ4v) is 4.10. The summed E-state index contributed by atoms with van der Waals surface area (Å²) in [5.41, 5.74) is 6.31. The van der Waals surface area contributed by atoms with E-state index in [1.54, 1.807) is 59.3 Å². The van der Waals surface area contributed by atoms with Crippen LogP contribution >= 0.6 is 11.8 Å². The molecule has 6 nitrogen and oxygen atoms in total. The molecule has 0 spiro atoms. The molecule has 0 atom stereocenters. The second-order valence-electron chi connectivity index (χ2n) is 6.82. The van der Waals surface area contributed by atoms with Crippen LogP contribution in [0.2, 0.25) is 0 Å². The van der Waals surface area contributed by atoms with Crippen molar-refractivity contribution in [3.05, 3.63) is 94.1 Å². The molecule has 0 bridgehead atoms. The molecule has 7 heteroatoms. The molecule has 1 N–H and O–H groups in total. The first-order chi connectivity index (χ1) is 14.5. The highest BCUT2D eigenvalue weighted by Gasteiger charge is 2.36. The maximum atomic E-state index is 12.8. The van der Waals surface area contributed by atoms with Crippen molar-refractivity contribution < 1.29 is 14.4 Å². The van der Waals surface area contributed by atoms with Crippen molar-refractivity contribution in [1.82, 2.24) is 4.68 Å². The number of carbonyl (C=O) groups excluding carboxylic acids is 3. The summed E-state index contributed by atoms with van der Waals surface area (Å²) in [5.74, 6) is -0.581. The maximum absolute atomic E-state index is 12.8. The standard InChI is InChI=1S/C23H19N3O3S/c1-15-13-18(16(2)26(15)24-21(27)17-9-5-3-6-10-17)14-20-22(28)25(23(29)30-20)19-11-7-4-8-12-19/h3-14H,1-2H3,(H,24,27)/b20-14-. The third kappa shape index (κ3) is 3.67. The Bertz CT molecular complexity index is 1170. The van der Waals surface area contributed by atoms with Crippen LogP contribution in [0.15, 0.2) is 71.6 Å². The lowest BCUT2D eigenvalue weighted by atomic mass is 10.2. The molecule has 3 amide bonds. The Balaban J connectivity index is 1.61. The number of para-hydroxylation sites is 1. The van der Waals surface area contributed by atoms with Crippen LogP contribution in [0.4, 0.5) is 10.5 Å². The summed E-state index contributed by atoms with van der Waals surface area (Å²) < 4.78 is 1.68. The second kappa shape index (κ2) is 8.04. The van der Waals surface area contributed by atoms with Crippen LogP contribution in [0.1, 0.15) is 27.3 Å². The van der Waals surface area contributed by atoms with Crippen LogP contribution in [0, 0.1) is 13.8 Å². The number of hydrogen-bond donors (Lipinski definition) is 1. The van der Waals surface area contributed by atoms with E-state index in [1.165, 1.54) is 4.90 Å². The molecular formula is C23H19N3O3S. The molecule has 0 unspecified atom stereocenters. The largest absolute Gasteiger partial charge is 0.298 e. The number of aryl methyl sites for hydroxylation is 1. The fourth-order valence-electron chi connectivity index (χ4n) is 3.27. The first-order valence-electron chi connectivity index (χ1n) is 9.34. The highest BCUT2D eigenvalue weighted by molar-refractivity contribution is 8.19. The molecule has 150 valence electrons. The van der Waals surface area contributed by atoms with Crippen molar-refractivity contribution in [2.75, 3.05) is 10.3 Å². The molecule has 1 saturated heterocycles. The Morgan fingerprint density at radius 2 is 1.60 bits per heavy atom. The first-order valence-corrected chi connectivity index (χ1v) is 10.2. The Labute approximate surface area is 178 Å². The number of anilines is 1. The quantitative estimate of drug-likeness (QED) is 0.623. The molecule has 2 heterocycles. The van der Waals surface area contributed by atoms with Gasteiger partial charge in [-0.05, 0) is 67.6 Å². The third-order valence-corrected chi connectivity index (χ3v) is 5.68.